The molecule has 0 spiro atoms. The van der Waals surface area contributed by atoms with Gasteiger partial charge in [0, 0.05) is 34.2 Å². The van der Waals surface area contributed by atoms with E-state index in [-0.39, 0.29) is 5.91 Å². The molecule has 0 unspecified atom stereocenters. The summed E-state index contributed by atoms with van der Waals surface area (Å²) >= 11 is 7.66. The molecule has 0 saturated carbocycles. The van der Waals surface area contributed by atoms with Crippen LogP contribution in [0.25, 0.3) is 22.3 Å². The minimum atomic E-state index is -5.08. The second-order valence-corrected chi connectivity index (χ2v) is 8.88. The van der Waals surface area contributed by atoms with Gasteiger partial charge >= 0.3 is 12.1 Å². The van der Waals surface area contributed by atoms with Crippen molar-refractivity contribution >= 4 is 62.4 Å². The molecular weight excluding hydrogens is 575 g/mol. The number of hydrogen-bond donors (Lipinski definition) is 4. The molecule has 0 radical (unpaired) electrons. The number of aromatic amines is 1. The standard InChI is InChI=1S/C22H16ClN7O2S.C2HF3O2/c1-32-15-4-2-12(3-5-15)21(31)26-14-8-13(9-24-10-14)20-28-22(33-30-20)27-18-7-6-17-16(19(18)23)11-25-29-17;3-2(4,5)1(6)7/h2-11H,1H3,(H,25,29)(H,26,31)(H,27,28,30);(H,6,7). The molecule has 0 atom stereocenters. The number of hydrogen-bond acceptors (Lipinski definition) is 9. The highest BCUT2D eigenvalue weighted by Crippen LogP contribution is 2.33. The van der Waals surface area contributed by atoms with Crippen molar-refractivity contribution in [3.05, 3.63) is 71.6 Å². The molecule has 11 nitrogen and oxygen atoms in total. The third kappa shape index (κ3) is 6.81. The number of rotatable bonds is 6. The van der Waals surface area contributed by atoms with Crippen LogP contribution in [-0.4, -0.2) is 54.8 Å². The lowest BCUT2D eigenvalue weighted by atomic mass is 10.2. The minimum Gasteiger partial charge on any atom is -0.497 e. The van der Waals surface area contributed by atoms with E-state index >= 15 is 0 Å². The van der Waals surface area contributed by atoms with Gasteiger partial charge in [0.2, 0.25) is 5.13 Å². The number of pyridine rings is 1. The third-order valence-corrected chi connectivity index (χ3v) is 6.11. The van der Waals surface area contributed by atoms with Crippen LogP contribution in [0.15, 0.2) is 61.1 Å². The van der Waals surface area contributed by atoms with Gasteiger partial charge in [0.15, 0.2) is 5.82 Å². The number of nitrogens with one attached hydrogen (secondary N) is 3. The SMILES string of the molecule is COc1ccc(C(=O)Nc2cncc(-c3nsc(Nc4ccc5[nH]ncc5c4Cl)n3)c2)cc1.O=C(O)C(F)(F)F. The Labute approximate surface area is 232 Å². The zero-order valence-corrected chi connectivity index (χ0v) is 21.7. The van der Waals surface area contributed by atoms with Gasteiger partial charge in [-0.05, 0) is 42.5 Å². The molecule has 0 aliphatic heterocycles. The maximum absolute atomic E-state index is 12.5. The average Bonchev–Trinajstić information content (AvgIpc) is 3.61. The number of ether oxygens (including phenoxy) is 1. The van der Waals surface area contributed by atoms with Crippen LogP contribution < -0.4 is 15.4 Å². The summed E-state index contributed by atoms with van der Waals surface area (Å²) in [7, 11) is 1.58. The number of carbonyl (C=O) groups is 2. The van der Waals surface area contributed by atoms with Crippen molar-refractivity contribution < 1.29 is 32.6 Å². The molecule has 0 fully saturated rings. The minimum absolute atomic E-state index is 0.255. The first kappa shape index (κ1) is 28.3. The second kappa shape index (κ2) is 12.0. The van der Waals surface area contributed by atoms with Crippen molar-refractivity contribution in [1.29, 1.82) is 0 Å². The van der Waals surface area contributed by atoms with Gasteiger partial charge in [-0.1, -0.05) is 11.6 Å². The van der Waals surface area contributed by atoms with Gasteiger partial charge in [-0.3, -0.25) is 14.9 Å². The largest absolute Gasteiger partial charge is 0.497 e. The molecule has 0 aliphatic carbocycles. The number of nitrogens with zero attached hydrogens (tertiary/aromatic N) is 4. The zero-order chi connectivity index (χ0) is 28.9. The Morgan fingerprint density at radius 2 is 1.82 bits per heavy atom. The van der Waals surface area contributed by atoms with Gasteiger partial charge in [0.25, 0.3) is 5.91 Å². The average molecular weight is 592 g/mol. The zero-order valence-electron chi connectivity index (χ0n) is 20.2. The number of H-pyrrole nitrogens is 1. The van der Waals surface area contributed by atoms with Crippen LogP contribution in [0.1, 0.15) is 10.4 Å². The Morgan fingerprint density at radius 1 is 1.10 bits per heavy atom. The smallest absolute Gasteiger partial charge is 0.490 e. The monoisotopic (exact) mass is 591 g/mol. The Balaban J connectivity index is 0.000000470. The molecule has 3 aromatic heterocycles. The number of carbonyl (C=O) groups excluding carboxylic acids is 1. The predicted molar refractivity (Wildman–Crippen MR) is 142 cm³/mol. The fourth-order valence-corrected chi connectivity index (χ4v) is 4.03. The molecule has 2 aromatic carbocycles. The molecule has 3 heterocycles. The van der Waals surface area contributed by atoms with E-state index in [4.69, 9.17) is 26.2 Å². The van der Waals surface area contributed by atoms with Crippen molar-refractivity contribution in [2.75, 3.05) is 17.7 Å². The van der Waals surface area contributed by atoms with Crippen molar-refractivity contribution in [2.45, 2.75) is 6.18 Å². The topological polar surface area (TPSA) is 155 Å². The van der Waals surface area contributed by atoms with Crippen LogP contribution >= 0.6 is 23.1 Å². The van der Waals surface area contributed by atoms with E-state index in [0.29, 0.717) is 44.2 Å². The van der Waals surface area contributed by atoms with Crippen LogP contribution in [0.2, 0.25) is 5.02 Å². The van der Waals surface area contributed by atoms with Gasteiger partial charge in [0.1, 0.15) is 5.75 Å². The van der Waals surface area contributed by atoms with Crippen LogP contribution in [0.5, 0.6) is 5.75 Å². The van der Waals surface area contributed by atoms with E-state index in [1.807, 2.05) is 12.1 Å². The van der Waals surface area contributed by atoms with Crippen molar-refractivity contribution in [2.24, 2.45) is 0 Å². The maximum Gasteiger partial charge on any atom is 0.490 e. The number of halogens is 4. The summed E-state index contributed by atoms with van der Waals surface area (Å²) in [6.45, 7) is 0. The molecule has 0 bridgehead atoms. The highest BCUT2D eigenvalue weighted by Gasteiger charge is 2.38. The van der Waals surface area contributed by atoms with Gasteiger partial charge in [-0.2, -0.15) is 27.6 Å². The van der Waals surface area contributed by atoms with Crippen molar-refractivity contribution in [3.8, 4) is 17.1 Å². The molecule has 0 aliphatic rings. The predicted octanol–water partition coefficient (Wildman–Crippen LogP) is 5.77. The lowest BCUT2D eigenvalue weighted by molar-refractivity contribution is -0.192. The number of alkyl halides is 3. The summed E-state index contributed by atoms with van der Waals surface area (Å²) in [6.07, 6.45) is -0.207. The highest BCUT2D eigenvalue weighted by molar-refractivity contribution is 7.10. The number of aliphatic carboxylic acids is 1. The molecule has 5 aromatic rings. The van der Waals surface area contributed by atoms with Gasteiger partial charge in [-0.15, -0.1) is 0 Å². The lowest BCUT2D eigenvalue weighted by Gasteiger charge is -2.07. The number of methoxy groups -OCH3 is 1. The molecule has 0 saturated heterocycles. The molecule has 16 heteroatoms. The maximum atomic E-state index is 12.5. The van der Waals surface area contributed by atoms with Crippen molar-refractivity contribution in [1.82, 2.24) is 24.5 Å². The van der Waals surface area contributed by atoms with Crippen LogP contribution in [0, 0.1) is 0 Å². The van der Waals surface area contributed by atoms with E-state index in [0.717, 1.165) is 10.9 Å². The Morgan fingerprint density at radius 3 is 2.50 bits per heavy atom. The first-order chi connectivity index (χ1) is 19.0. The Kier molecular flexibility index (Phi) is 8.45. The summed E-state index contributed by atoms with van der Waals surface area (Å²) in [4.78, 5) is 30.2. The molecular formula is C24H17ClF3N7O4S. The number of anilines is 3. The van der Waals surface area contributed by atoms with Gasteiger partial charge in [-0.25, -0.2) is 4.79 Å². The number of carboxylic acid groups (broad SMARTS) is 1. The Hall–Kier alpha value is -4.76. The molecule has 1 amide bonds. The number of carboxylic acids is 1. The molecule has 5 rings (SSSR count). The quantitative estimate of drug-likeness (QED) is 0.193. The summed E-state index contributed by atoms with van der Waals surface area (Å²) in [5.41, 5.74) is 3.26. The molecule has 40 heavy (non-hydrogen) atoms. The summed E-state index contributed by atoms with van der Waals surface area (Å²) in [5.74, 6) is -1.85. The summed E-state index contributed by atoms with van der Waals surface area (Å²) in [5, 5.41) is 22.0. The molecule has 4 N–H and O–H groups in total. The molecule has 206 valence electrons. The highest BCUT2D eigenvalue weighted by atomic mass is 35.5. The van der Waals surface area contributed by atoms with Crippen LogP contribution in [-0.2, 0) is 4.79 Å². The van der Waals surface area contributed by atoms with Crippen LogP contribution in [0.4, 0.5) is 29.7 Å². The first-order valence-electron chi connectivity index (χ1n) is 11.0. The van der Waals surface area contributed by atoms with Gasteiger partial charge in [0.05, 0.1) is 41.4 Å². The number of aromatic nitrogens is 5. The fourth-order valence-electron chi connectivity index (χ4n) is 3.16. The first-order valence-corrected chi connectivity index (χ1v) is 12.1. The van der Waals surface area contributed by atoms with Crippen molar-refractivity contribution in [3.63, 3.8) is 0 Å². The van der Waals surface area contributed by atoms with E-state index < -0.39 is 12.1 Å². The number of fused-ring (bicyclic) bond motifs is 1. The third-order valence-electron chi connectivity index (χ3n) is 5.08. The summed E-state index contributed by atoms with van der Waals surface area (Å²) < 4.78 is 41.3. The van der Waals surface area contributed by atoms with E-state index in [9.17, 15) is 18.0 Å². The van der Waals surface area contributed by atoms with Crippen LogP contribution in [0.3, 0.4) is 0 Å². The van der Waals surface area contributed by atoms with E-state index in [2.05, 4.69) is 35.2 Å². The second-order valence-electron chi connectivity index (χ2n) is 7.75. The Bertz CT molecular complexity index is 1660. The van der Waals surface area contributed by atoms with E-state index in [1.165, 1.54) is 11.5 Å². The fraction of sp³-hybridized carbons (Fsp3) is 0.0833. The van der Waals surface area contributed by atoms with E-state index in [1.54, 1.807) is 56.0 Å². The number of benzene rings is 2. The van der Waals surface area contributed by atoms with Gasteiger partial charge < -0.3 is 20.5 Å². The number of amides is 1. The lowest BCUT2D eigenvalue weighted by Crippen LogP contribution is -2.21. The normalized spacial score (nSPS) is 10.9. The summed E-state index contributed by atoms with van der Waals surface area (Å²) in [6, 6.07) is 12.3.